The summed E-state index contributed by atoms with van der Waals surface area (Å²) >= 11 is 0. The topological polar surface area (TPSA) is 81.4 Å². The predicted octanol–water partition coefficient (Wildman–Crippen LogP) is 3.06. The molecule has 0 atom stereocenters. The van der Waals surface area contributed by atoms with Crippen LogP contribution in [0.15, 0.2) is 59.4 Å². The summed E-state index contributed by atoms with van der Waals surface area (Å²) in [4.78, 5) is 22.9. The Hall–Kier alpha value is -3.22. The Labute approximate surface area is 157 Å². The van der Waals surface area contributed by atoms with E-state index < -0.39 is 0 Å². The van der Waals surface area contributed by atoms with Crippen LogP contribution in [-0.2, 0) is 6.61 Å². The second kappa shape index (κ2) is 7.99. The van der Waals surface area contributed by atoms with E-state index in [0.717, 1.165) is 18.4 Å². The van der Waals surface area contributed by atoms with Gasteiger partial charge in [-0.25, -0.2) is 0 Å². The standard InChI is InChI=1S/C20H20N4O3/c25-20(16-5-2-1-3-6-16)24-11-8-15(9-12-24)19-22-18(27-23-19)14-26-17-7-4-10-21-13-17/h1-7,10,13,15H,8-9,11-12,14H2. The number of rotatable bonds is 5. The van der Waals surface area contributed by atoms with Crippen LogP contribution in [0.4, 0.5) is 0 Å². The number of pyridine rings is 1. The molecule has 0 aliphatic carbocycles. The average Bonchev–Trinajstić information content (AvgIpc) is 3.22. The minimum absolute atomic E-state index is 0.0766. The molecule has 3 heterocycles. The molecule has 0 N–H and O–H groups in total. The molecule has 0 bridgehead atoms. The Kier molecular flexibility index (Phi) is 5.09. The largest absolute Gasteiger partial charge is 0.482 e. The van der Waals surface area contributed by atoms with Crippen LogP contribution in [0.3, 0.4) is 0 Å². The van der Waals surface area contributed by atoms with Gasteiger partial charge in [-0.05, 0) is 37.1 Å². The number of piperidine rings is 1. The van der Waals surface area contributed by atoms with E-state index in [2.05, 4.69) is 15.1 Å². The molecule has 1 aromatic carbocycles. The first-order valence-electron chi connectivity index (χ1n) is 8.99. The van der Waals surface area contributed by atoms with Gasteiger partial charge in [0.15, 0.2) is 12.4 Å². The van der Waals surface area contributed by atoms with E-state index in [1.165, 1.54) is 0 Å². The average molecular weight is 364 g/mol. The zero-order valence-corrected chi connectivity index (χ0v) is 14.8. The van der Waals surface area contributed by atoms with E-state index >= 15 is 0 Å². The zero-order valence-electron chi connectivity index (χ0n) is 14.8. The Morgan fingerprint density at radius 3 is 2.70 bits per heavy atom. The first-order valence-corrected chi connectivity index (χ1v) is 8.99. The Bertz CT molecular complexity index is 875. The molecule has 1 amide bonds. The summed E-state index contributed by atoms with van der Waals surface area (Å²) in [7, 11) is 0. The lowest BCUT2D eigenvalue weighted by Gasteiger charge is -2.30. The maximum atomic E-state index is 12.5. The van der Waals surface area contributed by atoms with Crippen molar-refractivity contribution in [3.63, 3.8) is 0 Å². The first kappa shape index (κ1) is 17.2. The number of hydrogen-bond acceptors (Lipinski definition) is 6. The second-order valence-electron chi connectivity index (χ2n) is 6.46. The lowest BCUT2D eigenvalue weighted by molar-refractivity contribution is 0.0710. The van der Waals surface area contributed by atoms with E-state index in [4.69, 9.17) is 9.26 Å². The van der Waals surface area contributed by atoms with Crippen LogP contribution in [0.25, 0.3) is 0 Å². The number of nitrogens with zero attached hydrogens (tertiary/aromatic N) is 4. The maximum Gasteiger partial charge on any atom is 0.264 e. The molecule has 7 heteroatoms. The van der Waals surface area contributed by atoms with Crippen molar-refractivity contribution in [2.24, 2.45) is 0 Å². The van der Waals surface area contributed by atoms with E-state index in [1.54, 1.807) is 18.5 Å². The number of hydrogen-bond donors (Lipinski definition) is 0. The Morgan fingerprint density at radius 1 is 1.15 bits per heavy atom. The van der Waals surface area contributed by atoms with Crippen LogP contribution < -0.4 is 4.74 Å². The van der Waals surface area contributed by atoms with E-state index in [1.807, 2.05) is 41.3 Å². The number of benzene rings is 1. The van der Waals surface area contributed by atoms with Crippen LogP contribution in [0, 0.1) is 0 Å². The number of amides is 1. The highest BCUT2D eigenvalue weighted by molar-refractivity contribution is 5.94. The zero-order chi connectivity index (χ0) is 18.5. The highest BCUT2D eigenvalue weighted by Crippen LogP contribution is 2.27. The molecule has 7 nitrogen and oxygen atoms in total. The van der Waals surface area contributed by atoms with Crippen molar-refractivity contribution in [1.82, 2.24) is 20.0 Å². The van der Waals surface area contributed by atoms with Gasteiger partial charge in [-0.1, -0.05) is 23.4 Å². The Balaban J connectivity index is 1.31. The molecule has 1 aliphatic heterocycles. The van der Waals surface area contributed by atoms with Crippen molar-refractivity contribution < 1.29 is 14.1 Å². The molecule has 0 radical (unpaired) electrons. The van der Waals surface area contributed by atoms with Gasteiger partial charge in [-0.15, -0.1) is 0 Å². The molecule has 4 rings (SSSR count). The second-order valence-corrected chi connectivity index (χ2v) is 6.46. The summed E-state index contributed by atoms with van der Waals surface area (Å²) in [5, 5.41) is 4.10. The van der Waals surface area contributed by atoms with Crippen LogP contribution in [-0.4, -0.2) is 39.0 Å². The first-order chi connectivity index (χ1) is 13.3. The molecule has 27 heavy (non-hydrogen) atoms. The molecule has 0 spiro atoms. The predicted molar refractivity (Wildman–Crippen MR) is 97.2 cm³/mol. The third-order valence-corrected chi connectivity index (χ3v) is 4.65. The summed E-state index contributed by atoms with van der Waals surface area (Å²) in [5.74, 6) is 2.06. The fourth-order valence-corrected chi connectivity index (χ4v) is 3.17. The lowest BCUT2D eigenvalue weighted by Crippen LogP contribution is -2.38. The third kappa shape index (κ3) is 4.13. The Morgan fingerprint density at radius 2 is 1.96 bits per heavy atom. The summed E-state index contributed by atoms with van der Waals surface area (Å²) in [5.41, 5.74) is 0.727. The summed E-state index contributed by atoms with van der Waals surface area (Å²) < 4.78 is 10.9. The highest BCUT2D eigenvalue weighted by Gasteiger charge is 2.27. The van der Waals surface area contributed by atoms with Crippen molar-refractivity contribution in [2.75, 3.05) is 13.1 Å². The summed E-state index contributed by atoms with van der Waals surface area (Å²) in [6.45, 7) is 1.59. The van der Waals surface area contributed by atoms with Crippen LogP contribution in [0.1, 0.15) is 40.8 Å². The van der Waals surface area contributed by atoms with Crippen molar-refractivity contribution in [2.45, 2.75) is 25.4 Å². The van der Waals surface area contributed by atoms with Crippen LogP contribution >= 0.6 is 0 Å². The van der Waals surface area contributed by atoms with Gasteiger partial charge in [-0.3, -0.25) is 9.78 Å². The quantitative estimate of drug-likeness (QED) is 0.692. The van der Waals surface area contributed by atoms with Gasteiger partial charge in [0.05, 0.1) is 6.20 Å². The summed E-state index contributed by atoms with van der Waals surface area (Å²) in [6.07, 6.45) is 4.96. The van der Waals surface area contributed by atoms with E-state index in [9.17, 15) is 4.79 Å². The third-order valence-electron chi connectivity index (χ3n) is 4.65. The molecular weight excluding hydrogens is 344 g/mol. The van der Waals surface area contributed by atoms with Gasteiger partial charge in [0.1, 0.15) is 5.75 Å². The summed E-state index contributed by atoms with van der Waals surface area (Å²) in [6, 6.07) is 13.0. The van der Waals surface area contributed by atoms with E-state index in [0.29, 0.717) is 30.6 Å². The number of likely N-dealkylation sites (tertiary alicyclic amines) is 1. The van der Waals surface area contributed by atoms with Crippen molar-refractivity contribution in [1.29, 1.82) is 0 Å². The molecule has 3 aromatic rings. The van der Waals surface area contributed by atoms with Crippen molar-refractivity contribution in [3.05, 3.63) is 72.1 Å². The molecule has 1 aliphatic rings. The molecular formula is C20H20N4O3. The number of ether oxygens (including phenoxy) is 1. The molecule has 0 unspecified atom stereocenters. The molecule has 2 aromatic heterocycles. The van der Waals surface area contributed by atoms with Crippen molar-refractivity contribution >= 4 is 5.91 Å². The minimum atomic E-state index is 0.0766. The van der Waals surface area contributed by atoms with Gasteiger partial charge in [0.2, 0.25) is 0 Å². The fourth-order valence-electron chi connectivity index (χ4n) is 3.17. The van der Waals surface area contributed by atoms with Crippen LogP contribution in [0.2, 0.25) is 0 Å². The van der Waals surface area contributed by atoms with Gasteiger partial charge in [0.25, 0.3) is 11.8 Å². The van der Waals surface area contributed by atoms with Gasteiger partial charge >= 0.3 is 0 Å². The van der Waals surface area contributed by atoms with Gasteiger partial charge < -0.3 is 14.2 Å². The smallest absolute Gasteiger partial charge is 0.264 e. The highest BCUT2D eigenvalue weighted by atomic mass is 16.5. The lowest BCUT2D eigenvalue weighted by atomic mass is 9.95. The SMILES string of the molecule is O=C(c1ccccc1)N1CCC(c2noc(COc3cccnc3)n2)CC1. The molecule has 0 saturated carbocycles. The fraction of sp³-hybridized carbons (Fsp3) is 0.300. The maximum absolute atomic E-state index is 12.5. The van der Waals surface area contributed by atoms with Gasteiger partial charge in [-0.2, -0.15) is 4.98 Å². The number of aromatic nitrogens is 3. The molecule has 138 valence electrons. The van der Waals surface area contributed by atoms with Crippen LogP contribution in [0.5, 0.6) is 5.75 Å². The van der Waals surface area contributed by atoms with E-state index in [-0.39, 0.29) is 18.4 Å². The number of carbonyl (C=O) groups is 1. The van der Waals surface area contributed by atoms with Crippen molar-refractivity contribution in [3.8, 4) is 5.75 Å². The normalized spacial score (nSPS) is 14.9. The minimum Gasteiger partial charge on any atom is -0.482 e. The molecule has 1 saturated heterocycles. The van der Waals surface area contributed by atoms with Gasteiger partial charge in [0, 0.05) is 30.8 Å². The number of carbonyl (C=O) groups excluding carboxylic acids is 1. The molecule has 1 fully saturated rings. The monoisotopic (exact) mass is 364 g/mol.